The van der Waals surface area contributed by atoms with Crippen LogP contribution in [0.15, 0.2) is 106 Å². The van der Waals surface area contributed by atoms with Gasteiger partial charge in [0.2, 0.25) is 5.91 Å². The molecule has 0 bridgehead atoms. The van der Waals surface area contributed by atoms with Gasteiger partial charge in [-0.05, 0) is 67.2 Å². The Labute approximate surface area is 220 Å². The summed E-state index contributed by atoms with van der Waals surface area (Å²) in [6, 6.07) is 27.2. The molecule has 0 radical (unpaired) electrons. The van der Waals surface area contributed by atoms with Crippen molar-refractivity contribution in [3.05, 3.63) is 108 Å². The fourth-order valence-electron chi connectivity index (χ4n) is 4.26. The van der Waals surface area contributed by atoms with E-state index in [1.165, 1.54) is 0 Å². The predicted molar refractivity (Wildman–Crippen MR) is 146 cm³/mol. The van der Waals surface area contributed by atoms with Gasteiger partial charge in [0.1, 0.15) is 11.8 Å². The van der Waals surface area contributed by atoms with Crippen molar-refractivity contribution < 1.29 is 9.21 Å². The van der Waals surface area contributed by atoms with Gasteiger partial charge in [0.15, 0.2) is 10.2 Å². The normalized spacial score (nSPS) is 17.1. The molecule has 3 heterocycles. The van der Waals surface area contributed by atoms with Crippen LogP contribution >= 0.6 is 24.0 Å². The van der Waals surface area contributed by atoms with Gasteiger partial charge in [-0.3, -0.25) is 9.78 Å². The highest BCUT2D eigenvalue weighted by molar-refractivity contribution is 7.99. The number of nitrogens with zero attached hydrogens (tertiary/aromatic N) is 2. The molecule has 0 spiro atoms. The molecule has 36 heavy (non-hydrogen) atoms. The average molecular weight is 515 g/mol. The Bertz CT molecular complexity index is 1340. The third-order valence-electron chi connectivity index (χ3n) is 6.05. The number of carbonyl (C=O) groups is 1. The van der Waals surface area contributed by atoms with Gasteiger partial charge in [-0.1, -0.05) is 54.2 Å². The Morgan fingerprint density at radius 3 is 2.61 bits per heavy atom. The van der Waals surface area contributed by atoms with Gasteiger partial charge in [-0.15, -0.1) is 0 Å². The number of hydrogen-bond donors (Lipinski definition) is 2. The lowest BCUT2D eigenvalue weighted by atomic mass is 10.0. The summed E-state index contributed by atoms with van der Waals surface area (Å²) in [5, 5.41) is 7.79. The molecule has 182 valence electrons. The fraction of sp³-hybridized carbons (Fsp3) is 0.179. The zero-order valence-corrected chi connectivity index (χ0v) is 21.4. The van der Waals surface area contributed by atoms with E-state index in [4.69, 9.17) is 16.6 Å². The van der Waals surface area contributed by atoms with Gasteiger partial charge in [0.25, 0.3) is 0 Å². The topological polar surface area (TPSA) is 70.4 Å². The molecule has 8 heteroatoms. The number of benzene rings is 2. The largest absolute Gasteiger partial charge is 0.452 e. The molecule has 6 nitrogen and oxygen atoms in total. The SMILES string of the molecule is Cc1ccccc1NC(=O)CCN1C(=S)N[C@H](c2ccccn2)[C@@H]1c1ccc(Sc2ccccc2)o1. The molecule has 1 fully saturated rings. The minimum Gasteiger partial charge on any atom is -0.452 e. The van der Waals surface area contributed by atoms with Crippen LogP contribution in [0, 0.1) is 6.92 Å². The molecular formula is C28H26N4O2S2. The maximum atomic E-state index is 12.8. The van der Waals surface area contributed by atoms with Crippen molar-refractivity contribution in [3.8, 4) is 0 Å². The molecule has 2 aromatic heterocycles. The first-order valence-electron chi connectivity index (χ1n) is 11.7. The van der Waals surface area contributed by atoms with Crippen LogP contribution < -0.4 is 10.6 Å². The van der Waals surface area contributed by atoms with Crippen LogP contribution in [0.25, 0.3) is 0 Å². The van der Waals surface area contributed by atoms with Crippen molar-refractivity contribution >= 4 is 40.7 Å². The minimum atomic E-state index is -0.233. The van der Waals surface area contributed by atoms with Gasteiger partial charge in [0, 0.05) is 29.7 Å². The maximum absolute atomic E-state index is 12.8. The molecule has 0 unspecified atom stereocenters. The van der Waals surface area contributed by atoms with Crippen molar-refractivity contribution in [1.29, 1.82) is 0 Å². The van der Waals surface area contributed by atoms with Crippen LogP contribution in [0.4, 0.5) is 5.69 Å². The van der Waals surface area contributed by atoms with E-state index >= 15 is 0 Å². The first-order chi connectivity index (χ1) is 17.6. The summed E-state index contributed by atoms with van der Waals surface area (Å²) in [5.41, 5.74) is 2.71. The van der Waals surface area contributed by atoms with Crippen LogP contribution in [0.2, 0.25) is 0 Å². The lowest BCUT2D eigenvalue weighted by Gasteiger charge is -2.25. The van der Waals surface area contributed by atoms with E-state index in [1.54, 1.807) is 18.0 Å². The Balaban J connectivity index is 1.36. The van der Waals surface area contributed by atoms with Gasteiger partial charge in [-0.2, -0.15) is 0 Å². The number of thiocarbonyl (C=S) groups is 1. The van der Waals surface area contributed by atoms with E-state index in [0.29, 0.717) is 11.7 Å². The smallest absolute Gasteiger partial charge is 0.226 e. The molecule has 1 amide bonds. The van der Waals surface area contributed by atoms with E-state index in [1.807, 2.05) is 84.6 Å². The Morgan fingerprint density at radius 1 is 1.06 bits per heavy atom. The third-order valence-corrected chi connectivity index (χ3v) is 7.33. The summed E-state index contributed by atoms with van der Waals surface area (Å²) in [6.45, 7) is 2.42. The Morgan fingerprint density at radius 2 is 1.83 bits per heavy atom. The third kappa shape index (κ3) is 5.45. The summed E-state index contributed by atoms with van der Waals surface area (Å²) in [7, 11) is 0. The van der Waals surface area contributed by atoms with Gasteiger partial charge >= 0.3 is 0 Å². The fourth-order valence-corrected chi connectivity index (χ4v) is 5.39. The quantitative estimate of drug-likeness (QED) is 0.274. The van der Waals surface area contributed by atoms with Gasteiger partial charge in [-0.25, -0.2) is 0 Å². The lowest BCUT2D eigenvalue weighted by Crippen LogP contribution is -2.32. The zero-order chi connectivity index (χ0) is 24.9. The van der Waals surface area contributed by atoms with Crippen molar-refractivity contribution in [2.24, 2.45) is 0 Å². The molecular weight excluding hydrogens is 488 g/mol. The van der Waals surface area contributed by atoms with Crippen molar-refractivity contribution in [1.82, 2.24) is 15.2 Å². The van der Waals surface area contributed by atoms with Crippen molar-refractivity contribution in [2.45, 2.75) is 35.4 Å². The number of amides is 1. The second-order valence-corrected chi connectivity index (χ2v) is 9.97. The molecule has 1 aliphatic heterocycles. The number of nitrogens with one attached hydrogen (secondary N) is 2. The second kappa shape index (κ2) is 11.0. The molecule has 5 rings (SSSR count). The first kappa shape index (κ1) is 24.1. The number of rotatable bonds is 8. The van der Waals surface area contributed by atoms with E-state index in [2.05, 4.69) is 27.8 Å². The number of carbonyl (C=O) groups excluding carboxylic acids is 1. The summed E-state index contributed by atoms with van der Waals surface area (Å²) in [5.74, 6) is 0.711. The highest BCUT2D eigenvalue weighted by atomic mass is 32.2. The zero-order valence-electron chi connectivity index (χ0n) is 19.8. The molecule has 1 saturated heterocycles. The Hall–Kier alpha value is -3.62. The number of pyridine rings is 1. The van der Waals surface area contributed by atoms with E-state index in [0.717, 1.165) is 32.7 Å². The molecule has 1 aliphatic rings. The second-order valence-electron chi connectivity index (χ2n) is 8.51. The molecule has 2 N–H and O–H groups in total. The molecule has 2 aromatic carbocycles. The average Bonchev–Trinajstić information content (AvgIpc) is 3.49. The van der Waals surface area contributed by atoms with Crippen LogP contribution in [0.5, 0.6) is 0 Å². The van der Waals surface area contributed by atoms with Gasteiger partial charge in [0.05, 0.1) is 11.7 Å². The number of aryl methyl sites for hydroxylation is 1. The minimum absolute atomic E-state index is 0.0631. The Kier molecular flexibility index (Phi) is 7.34. The van der Waals surface area contributed by atoms with Crippen LogP contribution in [-0.2, 0) is 4.79 Å². The van der Waals surface area contributed by atoms with Crippen LogP contribution in [0.3, 0.4) is 0 Å². The first-order valence-corrected chi connectivity index (χ1v) is 13.0. The highest BCUT2D eigenvalue weighted by Crippen LogP contribution is 2.41. The summed E-state index contributed by atoms with van der Waals surface area (Å²) < 4.78 is 6.31. The lowest BCUT2D eigenvalue weighted by molar-refractivity contribution is -0.116. The highest BCUT2D eigenvalue weighted by Gasteiger charge is 2.41. The number of aromatic nitrogens is 1. The summed E-state index contributed by atoms with van der Waals surface area (Å²) in [4.78, 5) is 20.5. The maximum Gasteiger partial charge on any atom is 0.226 e. The van der Waals surface area contributed by atoms with Gasteiger partial charge < -0.3 is 20.0 Å². The number of furan rings is 1. The van der Waals surface area contributed by atoms with Crippen LogP contribution in [0.1, 0.15) is 35.5 Å². The molecule has 2 atom stereocenters. The van der Waals surface area contributed by atoms with E-state index in [-0.39, 0.29) is 24.4 Å². The summed E-state index contributed by atoms with van der Waals surface area (Å²) >= 11 is 7.29. The summed E-state index contributed by atoms with van der Waals surface area (Å²) in [6.07, 6.45) is 2.06. The standard InChI is InChI=1S/C28H26N4O2S2/c1-19-9-5-6-12-21(19)30-24(33)16-18-32-27(26(31-28(32)35)22-13-7-8-17-29-22)23-14-15-25(34-23)36-20-10-3-2-4-11-20/h2-15,17,26-27H,16,18H2,1H3,(H,30,33)(H,31,35)/t26-,27+/m1/s1. The monoisotopic (exact) mass is 514 g/mol. The van der Waals surface area contributed by atoms with E-state index < -0.39 is 0 Å². The number of hydrogen-bond acceptors (Lipinski definition) is 5. The number of anilines is 1. The predicted octanol–water partition coefficient (Wildman–Crippen LogP) is 6.14. The molecule has 0 aliphatic carbocycles. The molecule has 0 saturated carbocycles. The molecule has 4 aromatic rings. The van der Waals surface area contributed by atoms with Crippen molar-refractivity contribution in [3.63, 3.8) is 0 Å². The van der Waals surface area contributed by atoms with E-state index in [9.17, 15) is 4.79 Å². The van der Waals surface area contributed by atoms with Crippen molar-refractivity contribution in [2.75, 3.05) is 11.9 Å². The van der Waals surface area contributed by atoms with Crippen LogP contribution in [-0.4, -0.2) is 27.4 Å². The number of para-hydroxylation sites is 1.